The molecule has 0 aromatic heterocycles. The highest BCUT2D eigenvalue weighted by atomic mass is 19.1. The molecule has 1 aliphatic rings. The maximum Gasteiger partial charge on any atom is 0.123 e. The summed E-state index contributed by atoms with van der Waals surface area (Å²) in [4.78, 5) is 0. The molecule has 2 rings (SSSR count). The van der Waals surface area contributed by atoms with Crippen molar-refractivity contribution in [2.24, 2.45) is 11.8 Å². The van der Waals surface area contributed by atoms with Gasteiger partial charge in [-0.15, -0.1) is 0 Å². The third kappa shape index (κ3) is 2.92. The van der Waals surface area contributed by atoms with E-state index in [1.165, 1.54) is 18.6 Å². The standard InChI is InChI=1S/C16H23FO/c1-12(2)13-5-4-9-16(18,10-8-13)14-6-3-7-15(17)11-14/h3,6-7,11-13,18H,4-5,8-10H2,1-2H3. The quantitative estimate of drug-likeness (QED) is 0.778. The third-order valence-electron chi connectivity index (χ3n) is 4.40. The van der Waals surface area contributed by atoms with Gasteiger partial charge < -0.3 is 5.11 Å². The van der Waals surface area contributed by atoms with Crippen LogP contribution in [-0.4, -0.2) is 5.11 Å². The largest absolute Gasteiger partial charge is 0.385 e. The van der Waals surface area contributed by atoms with Crippen molar-refractivity contribution in [1.82, 2.24) is 0 Å². The number of aliphatic hydroxyl groups is 1. The molecule has 2 atom stereocenters. The number of halogens is 1. The van der Waals surface area contributed by atoms with Crippen molar-refractivity contribution in [3.63, 3.8) is 0 Å². The lowest BCUT2D eigenvalue weighted by Gasteiger charge is -2.27. The minimum atomic E-state index is -0.828. The zero-order chi connectivity index (χ0) is 13.2. The second-order valence-corrected chi connectivity index (χ2v) is 5.98. The van der Waals surface area contributed by atoms with Crippen LogP contribution in [-0.2, 0) is 5.60 Å². The van der Waals surface area contributed by atoms with Gasteiger partial charge in [-0.25, -0.2) is 4.39 Å². The highest BCUT2D eigenvalue weighted by molar-refractivity contribution is 5.23. The molecular formula is C16H23FO. The van der Waals surface area contributed by atoms with Crippen molar-refractivity contribution >= 4 is 0 Å². The summed E-state index contributed by atoms with van der Waals surface area (Å²) in [5.74, 6) is 1.10. The molecule has 0 heterocycles. The molecule has 1 aromatic rings. The average molecular weight is 250 g/mol. The minimum Gasteiger partial charge on any atom is -0.385 e. The molecular weight excluding hydrogens is 227 g/mol. The van der Waals surface area contributed by atoms with Crippen molar-refractivity contribution in [3.05, 3.63) is 35.6 Å². The molecule has 1 aromatic carbocycles. The van der Waals surface area contributed by atoms with Crippen LogP contribution in [0.2, 0.25) is 0 Å². The first kappa shape index (κ1) is 13.5. The van der Waals surface area contributed by atoms with Gasteiger partial charge in [0.25, 0.3) is 0 Å². The summed E-state index contributed by atoms with van der Waals surface area (Å²) in [5, 5.41) is 10.8. The second kappa shape index (κ2) is 5.40. The van der Waals surface area contributed by atoms with E-state index in [-0.39, 0.29) is 5.82 Å². The molecule has 100 valence electrons. The highest BCUT2D eigenvalue weighted by Crippen LogP contribution is 2.39. The topological polar surface area (TPSA) is 20.2 Å². The maximum atomic E-state index is 13.3. The zero-order valence-corrected chi connectivity index (χ0v) is 11.3. The van der Waals surface area contributed by atoms with Crippen molar-refractivity contribution in [2.75, 3.05) is 0 Å². The Balaban J connectivity index is 2.16. The van der Waals surface area contributed by atoms with Gasteiger partial charge in [-0.05, 0) is 55.2 Å². The minimum absolute atomic E-state index is 0.259. The van der Waals surface area contributed by atoms with Crippen LogP contribution in [0.1, 0.15) is 51.5 Å². The van der Waals surface area contributed by atoms with Crippen molar-refractivity contribution < 1.29 is 9.50 Å². The van der Waals surface area contributed by atoms with Crippen LogP contribution in [0.25, 0.3) is 0 Å². The van der Waals surface area contributed by atoms with E-state index in [0.717, 1.165) is 31.2 Å². The third-order valence-corrected chi connectivity index (χ3v) is 4.40. The summed E-state index contributed by atoms with van der Waals surface area (Å²) >= 11 is 0. The Morgan fingerprint density at radius 3 is 2.72 bits per heavy atom. The lowest BCUT2D eigenvalue weighted by Crippen LogP contribution is -2.25. The van der Waals surface area contributed by atoms with Gasteiger partial charge in [-0.3, -0.25) is 0 Å². The number of hydrogen-bond donors (Lipinski definition) is 1. The Morgan fingerprint density at radius 1 is 1.28 bits per heavy atom. The van der Waals surface area contributed by atoms with E-state index < -0.39 is 5.60 Å². The molecule has 18 heavy (non-hydrogen) atoms. The molecule has 0 amide bonds. The van der Waals surface area contributed by atoms with E-state index in [9.17, 15) is 9.50 Å². The molecule has 0 radical (unpaired) electrons. The van der Waals surface area contributed by atoms with E-state index in [2.05, 4.69) is 13.8 Å². The molecule has 0 saturated heterocycles. The highest BCUT2D eigenvalue weighted by Gasteiger charge is 2.33. The van der Waals surface area contributed by atoms with Crippen molar-refractivity contribution in [3.8, 4) is 0 Å². The second-order valence-electron chi connectivity index (χ2n) is 5.98. The molecule has 0 bridgehead atoms. The van der Waals surface area contributed by atoms with Crippen LogP contribution in [0.15, 0.2) is 24.3 Å². The monoisotopic (exact) mass is 250 g/mol. The Kier molecular flexibility index (Phi) is 4.06. The summed E-state index contributed by atoms with van der Waals surface area (Å²) in [6, 6.07) is 6.45. The molecule has 0 spiro atoms. The molecule has 2 heteroatoms. The fraction of sp³-hybridized carbons (Fsp3) is 0.625. The Hall–Kier alpha value is -0.890. The molecule has 0 aliphatic heterocycles. The summed E-state index contributed by atoms with van der Waals surface area (Å²) in [5.41, 5.74) is -0.0851. The van der Waals surface area contributed by atoms with Gasteiger partial charge in [0, 0.05) is 0 Å². The van der Waals surface area contributed by atoms with Gasteiger partial charge in [0.2, 0.25) is 0 Å². The maximum absolute atomic E-state index is 13.3. The van der Waals surface area contributed by atoms with Gasteiger partial charge in [0.1, 0.15) is 5.82 Å². The van der Waals surface area contributed by atoms with Crippen molar-refractivity contribution in [1.29, 1.82) is 0 Å². The molecule has 1 aliphatic carbocycles. The summed E-state index contributed by atoms with van der Waals surface area (Å²) in [6.07, 6.45) is 4.73. The Bertz CT molecular complexity index is 402. The predicted octanol–water partition coefficient (Wildman–Crippen LogP) is 4.25. The fourth-order valence-electron chi connectivity index (χ4n) is 3.08. The van der Waals surface area contributed by atoms with E-state index in [1.54, 1.807) is 6.07 Å². The van der Waals surface area contributed by atoms with E-state index in [1.807, 2.05) is 6.07 Å². The van der Waals surface area contributed by atoms with Gasteiger partial charge in [0.15, 0.2) is 0 Å². The first-order valence-corrected chi connectivity index (χ1v) is 7.00. The summed E-state index contributed by atoms with van der Waals surface area (Å²) in [7, 11) is 0. The summed E-state index contributed by atoms with van der Waals surface area (Å²) in [6.45, 7) is 4.49. The number of benzene rings is 1. The van der Waals surface area contributed by atoms with Crippen molar-refractivity contribution in [2.45, 2.75) is 51.6 Å². The van der Waals surface area contributed by atoms with E-state index in [0.29, 0.717) is 11.8 Å². The Labute approximate surface area is 109 Å². The molecule has 1 nitrogen and oxygen atoms in total. The van der Waals surface area contributed by atoms with Crippen LogP contribution in [0.4, 0.5) is 4.39 Å². The first-order chi connectivity index (χ1) is 8.51. The van der Waals surface area contributed by atoms with Crippen LogP contribution >= 0.6 is 0 Å². The van der Waals surface area contributed by atoms with Crippen LogP contribution in [0, 0.1) is 17.7 Å². The molecule has 2 unspecified atom stereocenters. The lowest BCUT2D eigenvalue weighted by molar-refractivity contribution is 0.0188. The van der Waals surface area contributed by atoms with Gasteiger partial charge >= 0.3 is 0 Å². The van der Waals surface area contributed by atoms with E-state index in [4.69, 9.17) is 0 Å². The fourth-order valence-corrected chi connectivity index (χ4v) is 3.08. The Morgan fingerprint density at radius 2 is 2.06 bits per heavy atom. The smallest absolute Gasteiger partial charge is 0.123 e. The summed E-state index contributed by atoms with van der Waals surface area (Å²) < 4.78 is 13.3. The first-order valence-electron chi connectivity index (χ1n) is 7.00. The molecule has 1 N–H and O–H groups in total. The predicted molar refractivity (Wildman–Crippen MR) is 71.7 cm³/mol. The van der Waals surface area contributed by atoms with Crippen LogP contribution in [0.5, 0.6) is 0 Å². The lowest BCUT2D eigenvalue weighted by atomic mass is 9.84. The van der Waals surface area contributed by atoms with Crippen LogP contribution in [0.3, 0.4) is 0 Å². The zero-order valence-electron chi connectivity index (χ0n) is 11.3. The normalized spacial score (nSPS) is 29.3. The SMILES string of the molecule is CC(C)C1CCCC(O)(c2cccc(F)c2)CC1. The van der Waals surface area contributed by atoms with Gasteiger partial charge in [0.05, 0.1) is 5.60 Å². The van der Waals surface area contributed by atoms with Gasteiger partial charge in [-0.1, -0.05) is 32.4 Å². The molecule has 1 saturated carbocycles. The molecule has 1 fully saturated rings. The van der Waals surface area contributed by atoms with E-state index >= 15 is 0 Å². The van der Waals surface area contributed by atoms with Crippen LogP contribution < -0.4 is 0 Å². The van der Waals surface area contributed by atoms with Gasteiger partial charge in [-0.2, -0.15) is 0 Å². The average Bonchev–Trinajstić information content (AvgIpc) is 2.52. The number of hydrogen-bond acceptors (Lipinski definition) is 1. The number of rotatable bonds is 2.